The molecule has 0 fully saturated rings. The Morgan fingerprint density at radius 3 is 2.52 bits per heavy atom. The highest BCUT2D eigenvalue weighted by atomic mass is 35.5. The highest BCUT2D eigenvalue weighted by Crippen LogP contribution is 2.19. The molecule has 2 N–H and O–H groups in total. The summed E-state index contributed by atoms with van der Waals surface area (Å²) in [4.78, 5) is 19.5. The predicted octanol–water partition coefficient (Wildman–Crippen LogP) is 3.83. The van der Waals surface area contributed by atoms with Crippen molar-refractivity contribution < 1.29 is 9.53 Å². The van der Waals surface area contributed by atoms with E-state index in [1.165, 1.54) is 0 Å². The third-order valence-corrected chi connectivity index (χ3v) is 2.49. The van der Waals surface area contributed by atoms with Gasteiger partial charge in [-0.1, -0.05) is 18.2 Å². The van der Waals surface area contributed by atoms with Crippen LogP contribution >= 0.6 is 11.6 Å². The number of carbonyl (C=O) groups excluding carboxylic acids is 1. The van der Waals surface area contributed by atoms with E-state index in [4.69, 9.17) is 16.3 Å². The molecule has 2 aromatic rings. The molecule has 1 heterocycles. The van der Waals surface area contributed by atoms with E-state index in [-0.39, 0.29) is 17.2 Å². The molecule has 7 heteroatoms. The Morgan fingerprint density at radius 1 is 1.19 bits per heavy atom. The van der Waals surface area contributed by atoms with Crippen LogP contribution in [0.15, 0.2) is 36.4 Å². The number of para-hydroxylation sites is 1. The van der Waals surface area contributed by atoms with Crippen LogP contribution in [-0.2, 0) is 4.74 Å². The Balaban J connectivity index is 2.12. The van der Waals surface area contributed by atoms with Crippen LogP contribution in [0.25, 0.3) is 0 Å². The molecule has 0 saturated heterocycles. The summed E-state index contributed by atoms with van der Waals surface area (Å²) in [6.07, 6.45) is -0.811. The first-order chi connectivity index (χ1) is 10.0. The number of amides is 1. The van der Waals surface area contributed by atoms with Crippen molar-refractivity contribution in [3.8, 4) is 0 Å². The zero-order valence-electron chi connectivity index (χ0n) is 11.6. The minimum absolute atomic E-state index is 0.0239. The lowest BCUT2D eigenvalue weighted by molar-refractivity contribution is 0.130. The van der Waals surface area contributed by atoms with E-state index in [2.05, 4.69) is 20.6 Å². The molecule has 110 valence electrons. The number of hydrogen-bond donors (Lipinski definition) is 2. The topological polar surface area (TPSA) is 76.1 Å². The van der Waals surface area contributed by atoms with Crippen LogP contribution in [0.1, 0.15) is 13.8 Å². The Hall–Kier alpha value is -2.34. The van der Waals surface area contributed by atoms with Gasteiger partial charge in [0.2, 0.25) is 5.28 Å². The molecule has 0 saturated carbocycles. The second kappa shape index (κ2) is 6.90. The molecule has 0 bridgehead atoms. The van der Waals surface area contributed by atoms with E-state index >= 15 is 0 Å². The average molecular weight is 307 g/mol. The van der Waals surface area contributed by atoms with E-state index in [1.54, 1.807) is 19.9 Å². The normalized spacial score (nSPS) is 10.3. The number of carbonyl (C=O) groups is 1. The molecular weight excluding hydrogens is 292 g/mol. The SMILES string of the molecule is CC(C)OC(=O)Nc1cc(Nc2ccccc2)nc(Cl)n1. The zero-order chi connectivity index (χ0) is 15.2. The molecule has 0 atom stereocenters. The summed E-state index contributed by atoms with van der Waals surface area (Å²) < 4.78 is 4.98. The van der Waals surface area contributed by atoms with Gasteiger partial charge in [0.15, 0.2) is 0 Å². The fourth-order valence-electron chi connectivity index (χ4n) is 1.56. The van der Waals surface area contributed by atoms with Crippen LogP contribution in [-0.4, -0.2) is 22.2 Å². The van der Waals surface area contributed by atoms with E-state index < -0.39 is 6.09 Å². The maximum Gasteiger partial charge on any atom is 0.413 e. The summed E-state index contributed by atoms with van der Waals surface area (Å²) in [5, 5.41) is 5.60. The van der Waals surface area contributed by atoms with Gasteiger partial charge in [0.1, 0.15) is 11.6 Å². The molecule has 6 nitrogen and oxygen atoms in total. The fraction of sp³-hybridized carbons (Fsp3) is 0.214. The number of halogens is 1. The maximum atomic E-state index is 11.5. The van der Waals surface area contributed by atoms with Gasteiger partial charge in [0.05, 0.1) is 6.10 Å². The van der Waals surface area contributed by atoms with Gasteiger partial charge in [0.25, 0.3) is 0 Å². The van der Waals surface area contributed by atoms with E-state index in [1.807, 2.05) is 30.3 Å². The number of rotatable bonds is 4. The molecule has 1 amide bonds. The maximum absolute atomic E-state index is 11.5. The number of anilines is 3. The molecule has 0 spiro atoms. The predicted molar refractivity (Wildman–Crippen MR) is 82.0 cm³/mol. The van der Waals surface area contributed by atoms with Crippen molar-refractivity contribution in [2.24, 2.45) is 0 Å². The van der Waals surface area contributed by atoms with Crippen LogP contribution in [0.4, 0.5) is 22.1 Å². The van der Waals surface area contributed by atoms with E-state index in [0.29, 0.717) is 5.82 Å². The number of hydrogen-bond acceptors (Lipinski definition) is 5. The molecule has 0 radical (unpaired) electrons. The lowest BCUT2D eigenvalue weighted by Gasteiger charge is -2.10. The van der Waals surface area contributed by atoms with E-state index in [9.17, 15) is 4.79 Å². The van der Waals surface area contributed by atoms with Gasteiger partial charge in [-0.25, -0.2) is 14.8 Å². The van der Waals surface area contributed by atoms with Gasteiger partial charge in [-0.2, -0.15) is 0 Å². The van der Waals surface area contributed by atoms with Gasteiger partial charge in [-0.05, 0) is 37.6 Å². The van der Waals surface area contributed by atoms with Crippen molar-refractivity contribution >= 4 is 35.0 Å². The number of nitrogens with one attached hydrogen (secondary N) is 2. The number of benzene rings is 1. The van der Waals surface area contributed by atoms with Crippen molar-refractivity contribution in [2.75, 3.05) is 10.6 Å². The standard InChI is InChI=1S/C14H15ClN4O2/c1-9(2)21-14(20)19-12-8-11(17-13(15)18-12)16-10-6-4-3-5-7-10/h3-9H,1-2H3,(H2,16,17,18,19,20). The molecule has 2 rings (SSSR count). The van der Waals surface area contributed by atoms with Crippen LogP contribution in [0.5, 0.6) is 0 Å². The number of ether oxygens (including phenoxy) is 1. The van der Waals surface area contributed by atoms with Crippen molar-refractivity contribution in [1.82, 2.24) is 9.97 Å². The smallest absolute Gasteiger partial charge is 0.413 e. The summed E-state index contributed by atoms with van der Waals surface area (Å²) in [5.74, 6) is 0.736. The Bertz CT molecular complexity index is 620. The quantitative estimate of drug-likeness (QED) is 0.840. The molecule has 1 aromatic heterocycles. The first-order valence-electron chi connectivity index (χ1n) is 6.37. The highest BCUT2D eigenvalue weighted by Gasteiger charge is 2.09. The third-order valence-electron chi connectivity index (χ3n) is 2.32. The third kappa shape index (κ3) is 4.92. The van der Waals surface area contributed by atoms with Crippen LogP contribution in [0, 0.1) is 0 Å². The first kappa shape index (κ1) is 15.1. The Labute approximate surface area is 127 Å². The summed E-state index contributed by atoms with van der Waals surface area (Å²) in [7, 11) is 0. The fourth-order valence-corrected chi connectivity index (χ4v) is 1.75. The van der Waals surface area contributed by atoms with Gasteiger partial charge in [-0.15, -0.1) is 0 Å². The molecule has 1 aromatic carbocycles. The molecule has 21 heavy (non-hydrogen) atoms. The lowest BCUT2D eigenvalue weighted by atomic mass is 10.3. The Kier molecular flexibility index (Phi) is 4.94. The van der Waals surface area contributed by atoms with Crippen LogP contribution in [0.3, 0.4) is 0 Å². The first-order valence-corrected chi connectivity index (χ1v) is 6.75. The van der Waals surface area contributed by atoms with Gasteiger partial charge < -0.3 is 10.1 Å². The zero-order valence-corrected chi connectivity index (χ0v) is 12.4. The second-order valence-electron chi connectivity index (χ2n) is 4.48. The summed E-state index contributed by atoms with van der Waals surface area (Å²) >= 11 is 5.85. The van der Waals surface area contributed by atoms with Gasteiger partial charge in [-0.3, -0.25) is 5.32 Å². The second-order valence-corrected chi connectivity index (χ2v) is 4.82. The van der Waals surface area contributed by atoms with Crippen molar-refractivity contribution in [3.05, 3.63) is 41.7 Å². The van der Waals surface area contributed by atoms with Gasteiger partial charge in [0, 0.05) is 11.8 Å². The largest absolute Gasteiger partial charge is 0.447 e. The van der Waals surface area contributed by atoms with Crippen molar-refractivity contribution in [1.29, 1.82) is 0 Å². The van der Waals surface area contributed by atoms with Crippen LogP contribution < -0.4 is 10.6 Å². The molecule has 0 unspecified atom stereocenters. The van der Waals surface area contributed by atoms with Gasteiger partial charge >= 0.3 is 6.09 Å². The van der Waals surface area contributed by atoms with E-state index in [0.717, 1.165) is 5.69 Å². The summed E-state index contributed by atoms with van der Waals surface area (Å²) in [5.41, 5.74) is 0.850. The molecule has 0 aliphatic rings. The monoisotopic (exact) mass is 306 g/mol. The average Bonchev–Trinajstić information content (AvgIpc) is 2.37. The summed E-state index contributed by atoms with van der Waals surface area (Å²) in [6, 6.07) is 11.0. The molecular formula is C14H15ClN4O2. The number of aromatic nitrogens is 2. The highest BCUT2D eigenvalue weighted by molar-refractivity contribution is 6.28. The summed E-state index contributed by atoms with van der Waals surface area (Å²) in [6.45, 7) is 3.52. The van der Waals surface area contributed by atoms with Crippen LogP contribution in [0.2, 0.25) is 5.28 Å². The lowest BCUT2D eigenvalue weighted by Crippen LogP contribution is -2.18. The molecule has 0 aliphatic heterocycles. The molecule has 0 aliphatic carbocycles. The minimum Gasteiger partial charge on any atom is -0.447 e. The van der Waals surface area contributed by atoms with Crippen molar-refractivity contribution in [3.63, 3.8) is 0 Å². The Morgan fingerprint density at radius 2 is 1.86 bits per heavy atom. The minimum atomic E-state index is -0.592. The number of nitrogens with zero attached hydrogens (tertiary/aromatic N) is 2. The van der Waals surface area contributed by atoms with Crippen molar-refractivity contribution in [2.45, 2.75) is 20.0 Å².